The predicted octanol–water partition coefficient (Wildman–Crippen LogP) is 1.70. The average molecular weight is 189 g/mol. The van der Waals surface area contributed by atoms with Crippen LogP contribution in [0.3, 0.4) is 0 Å². The zero-order valence-electron chi connectivity index (χ0n) is 8.79. The Bertz CT molecular complexity index is 154. The zero-order chi connectivity index (χ0) is 9.84. The van der Waals surface area contributed by atoms with E-state index in [0.29, 0.717) is 19.2 Å². The van der Waals surface area contributed by atoms with E-state index in [1.807, 2.05) is 6.92 Å². The number of hydrogen-bond acceptors (Lipinski definition) is 2. The molecule has 0 aromatic carbocycles. The Morgan fingerprint density at radius 1 is 1.62 bits per heavy atom. The van der Waals surface area contributed by atoms with Crippen molar-refractivity contribution in [1.82, 2.24) is 4.90 Å². The summed E-state index contributed by atoms with van der Waals surface area (Å²) >= 11 is 0. The highest BCUT2D eigenvalue weighted by molar-refractivity contribution is 4.80. The van der Waals surface area contributed by atoms with Gasteiger partial charge in [-0.15, -0.1) is 0 Å². The van der Waals surface area contributed by atoms with E-state index < -0.39 is 6.17 Å². The van der Waals surface area contributed by atoms with Crippen LogP contribution < -0.4 is 0 Å². The van der Waals surface area contributed by atoms with Crippen molar-refractivity contribution in [2.24, 2.45) is 5.92 Å². The summed E-state index contributed by atoms with van der Waals surface area (Å²) in [6.45, 7) is 6.36. The lowest BCUT2D eigenvalue weighted by Crippen LogP contribution is -2.46. The van der Waals surface area contributed by atoms with E-state index in [-0.39, 0.29) is 5.92 Å². The van der Waals surface area contributed by atoms with Crippen molar-refractivity contribution in [3.8, 4) is 0 Å². The van der Waals surface area contributed by atoms with Crippen LogP contribution in [0.25, 0.3) is 0 Å². The number of piperidine rings is 1. The van der Waals surface area contributed by atoms with Crippen LogP contribution in [0, 0.1) is 5.92 Å². The lowest BCUT2D eigenvalue weighted by atomic mass is 9.96. The van der Waals surface area contributed by atoms with Crippen LogP contribution in [0.2, 0.25) is 0 Å². The molecular formula is C10H20FNO. The zero-order valence-corrected chi connectivity index (χ0v) is 8.79. The van der Waals surface area contributed by atoms with Crippen molar-refractivity contribution in [2.45, 2.75) is 32.5 Å². The minimum Gasteiger partial charge on any atom is -0.383 e. The molecule has 0 N–H and O–H groups in total. The third-order valence-electron chi connectivity index (χ3n) is 2.93. The van der Waals surface area contributed by atoms with Gasteiger partial charge in [-0.25, -0.2) is 4.39 Å². The van der Waals surface area contributed by atoms with Crippen molar-refractivity contribution < 1.29 is 9.13 Å². The lowest BCUT2D eigenvalue weighted by Gasteiger charge is -2.36. The van der Waals surface area contributed by atoms with Crippen molar-refractivity contribution >= 4 is 0 Å². The van der Waals surface area contributed by atoms with E-state index >= 15 is 0 Å². The molecule has 3 unspecified atom stereocenters. The first-order chi connectivity index (χ1) is 6.15. The fourth-order valence-electron chi connectivity index (χ4n) is 1.79. The molecule has 2 nitrogen and oxygen atoms in total. The van der Waals surface area contributed by atoms with Gasteiger partial charge in [0.1, 0.15) is 6.17 Å². The summed E-state index contributed by atoms with van der Waals surface area (Å²) in [6, 6.07) is 0.343. The maximum atomic E-state index is 13.3. The van der Waals surface area contributed by atoms with Crippen LogP contribution in [-0.2, 0) is 4.74 Å². The van der Waals surface area contributed by atoms with Gasteiger partial charge in [-0.1, -0.05) is 6.92 Å². The largest absolute Gasteiger partial charge is 0.383 e. The van der Waals surface area contributed by atoms with Gasteiger partial charge in [-0.3, -0.25) is 4.90 Å². The Morgan fingerprint density at radius 2 is 2.31 bits per heavy atom. The first-order valence-corrected chi connectivity index (χ1v) is 5.02. The Balaban J connectivity index is 2.36. The van der Waals surface area contributed by atoms with E-state index in [1.165, 1.54) is 0 Å². The molecule has 0 aromatic heterocycles. The molecule has 0 radical (unpaired) electrons. The summed E-state index contributed by atoms with van der Waals surface area (Å²) in [6.07, 6.45) is 0.308. The Hall–Kier alpha value is -0.150. The van der Waals surface area contributed by atoms with E-state index in [1.54, 1.807) is 7.11 Å². The number of likely N-dealkylation sites (tertiary alicyclic amines) is 1. The monoisotopic (exact) mass is 189 g/mol. The molecule has 0 bridgehead atoms. The number of hydrogen-bond donors (Lipinski definition) is 0. The summed E-state index contributed by atoms with van der Waals surface area (Å²) in [4.78, 5) is 2.17. The van der Waals surface area contributed by atoms with Crippen LogP contribution in [-0.4, -0.2) is 43.9 Å². The number of rotatable bonds is 3. The quantitative estimate of drug-likeness (QED) is 0.670. The second kappa shape index (κ2) is 4.91. The Labute approximate surface area is 80.1 Å². The predicted molar refractivity (Wildman–Crippen MR) is 51.6 cm³/mol. The van der Waals surface area contributed by atoms with E-state index in [4.69, 9.17) is 4.74 Å². The molecule has 0 spiro atoms. The molecule has 1 saturated heterocycles. The van der Waals surface area contributed by atoms with Crippen LogP contribution >= 0.6 is 0 Å². The number of halogens is 1. The lowest BCUT2D eigenvalue weighted by molar-refractivity contribution is 0.0353. The SMILES string of the molecule is COCC(C)N1CCC(C)C(F)C1. The molecule has 1 heterocycles. The van der Waals surface area contributed by atoms with Gasteiger partial charge < -0.3 is 4.74 Å². The molecule has 1 rings (SSSR count). The van der Waals surface area contributed by atoms with Crippen molar-refractivity contribution in [1.29, 1.82) is 0 Å². The normalized spacial score (nSPS) is 33.2. The molecule has 1 aliphatic heterocycles. The number of alkyl halides is 1. The molecular weight excluding hydrogens is 169 g/mol. The summed E-state index contributed by atoms with van der Waals surface area (Å²) in [7, 11) is 1.69. The highest BCUT2D eigenvalue weighted by Crippen LogP contribution is 2.21. The molecule has 13 heavy (non-hydrogen) atoms. The highest BCUT2D eigenvalue weighted by Gasteiger charge is 2.28. The van der Waals surface area contributed by atoms with E-state index in [0.717, 1.165) is 13.0 Å². The van der Waals surface area contributed by atoms with E-state index in [9.17, 15) is 4.39 Å². The molecule has 3 heteroatoms. The van der Waals surface area contributed by atoms with Gasteiger partial charge in [0, 0.05) is 19.7 Å². The molecule has 1 fully saturated rings. The van der Waals surface area contributed by atoms with Crippen molar-refractivity contribution in [3.63, 3.8) is 0 Å². The summed E-state index contributed by atoms with van der Waals surface area (Å²) in [5, 5.41) is 0. The van der Waals surface area contributed by atoms with Crippen LogP contribution in [0.4, 0.5) is 4.39 Å². The first-order valence-electron chi connectivity index (χ1n) is 5.02. The van der Waals surface area contributed by atoms with Gasteiger partial charge in [0.05, 0.1) is 6.61 Å². The molecule has 0 aromatic rings. The standard InChI is InChI=1S/C10H20FNO/c1-8-4-5-12(6-10(8)11)9(2)7-13-3/h8-10H,4-7H2,1-3H3. The second-order valence-electron chi connectivity index (χ2n) is 4.08. The minimum absolute atomic E-state index is 0.228. The third kappa shape index (κ3) is 2.92. The fraction of sp³-hybridized carbons (Fsp3) is 1.00. The van der Waals surface area contributed by atoms with Gasteiger partial charge in [0.2, 0.25) is 0 Å². The van der Waals surface area contributed by atoms with Gasteiger partial charge in [0.15, 0.2) is 0 Å². The topological polar surface area (TPSA) is 12.5 Å². The molecule has 0 amide bonds. The van der Waals surface area contributed by atoms with Crippen LogP contribution in [0.5, 0.6) is 0 Å². The van der Waals surface area contributed by atoms with E-state index in [2.05, 4.69) is 11.8 Å². The number of nitrogens with zero attached hydrogens (tertiary/aromatic N) is 1. The van der Waals surface area contributed by atoms with Crippen molar-refractivity contribution in [2.75, 3.05) is 26.8 Å². The number of ether oxygens (including phenoxy) is 1. The van der Waals surface area contributed by atoms with Gasteiger partial charge in [-0.2, -0.15) is 0 Å². The Kier molecular flexibility index (Phi) is 4.13. The van der Waals surface area contributed by atoms with Crippen LogP contribution in [0.15, 0.2) is 0 Å². The number of methoxy groups -OCH3 is 1. The molecule has 78 valence electrons. The molecule has 3 atom stereocenters. The Morgan fingerprint density at radius 3 is 2.85 bits per heavy atom. The minimum atomic E-state index is -0.659. The average Bonchev–Trinajstić information content (AvgIpc) is 2.10. The third-order valence-corrected chi connectivity index (χ3v) is 2.93. The van der Waals surface area contributed by atoms with Crippen LogP contribution in [0.1, 0.15) is 20.3 Å². The highest BCUT2D eigenvalue weighted by atomic mass is 19.1. The maximum Gasteiger partial charge on any atom is 0.115 e. The summed E-state index contributed by atoms with van der Waals surface area (Å²) in [5.74, 6) is 0.228. The molecule has 0 aliphatic carbocycles. The van der Waals surface area contributed by atoms with Crippen molar-refractivity contribution in [3.05, 3.63) is 0 Å². The summed E-state index contributed by atoms with van der Waals surface area (Å²) in [5.41, 5.74) is 0. The van der Waals surface area contributed by atoms with Gasteiger partial charge in [-0.05, 0) is 25.8 Å². The maximum absolute atomic E-state index is 13.3. The smallest absolute Gasteiger partial charge is 0.115 e. The first kappa shape index (κ1) is 10.9. The fourth-order valence-corrected chi connectivity index (χ4v) is 1.79. The molecule has 0 saturated carbocycles. The second-order valence-corrected chi connectivity index (χ2v) is 4.08. The van der Waals surface area contributed by atoms with Gasteiger partial charge >= 0.3 is 0 Å². The molecule has 1 aliphatic rings. The summed E-state index contributed by atoms with van der Waals surface area (Å²) < 4.78 is 18.4. The van der Waals surface area contributed by atoms with Gasteiger partial charge in [0.25, 0.3) is 0 Å².